The molecule has 51 heavy (non-hydrogen) atoms. The number of allylic oxidation sites excluding steroid dienone is 10. The van der Waals surface area contributed by atoms with E-state index >= 15 is 0 Å². The molecule has 0 radical (unpaired) electrons. The Bertz CT molecular complexity index is 1020. The quantitative estimate of drug-likeness (QED) is 0.0216. The first-order chi connectivity index (χ1) is 24.6. The molecule has 0 heterocycles. The zero-order valence-electron chi connectivity index (χ0n) is 33.0. The lowest BCUT2D eigenvalue weighted by Gasteiger charge is -2.34. The van der Waals surface area contributed by atoms with Gasteiger partial charge in [0.1, 0.15) is 12.6 Å². The minimum Gasteiger partial charge on any atom is -0.544 e. The summed E-state index contributed by atoms with van der Waals surface area (Å²) >= 11 is 0. The molecule has 2 unspecified atom stereocenters. The number of likely N-dealkylation sites (N-methyl/N-ethyl adjacent to an activating group) is 1. The van der Waals surface area contributed by atoms with Crippen LogP contribution in [0.3, 0.4) is 0 Å². The second-order valence-electron chi connectivity index (χ2n) is 14.2. The SMILES string of the molecule is CC/C=C/C=C/C=C/C=C/CCCCCCCC(=O)OC(COCCC(C(=O)[O-])[N+](C)(C)C)COC(=O)CCCCCCC/C=C/CCCCC. The summed E-state index contributed by atoms with van der Waals surface area (Å²) in [6, 6.07) is -0.732. The largest absolute Gasteiger partial charge is 0.544 e. The van der Waals surface area contributed by atoms with Gasteiger partial charge in [-0.2, -0.15) is 0 Å². The Kier molecular flexibility index (Phi) is 32.1. The molecule has 0 aromatic rings. The molecular weight excluding hydrogens is 642 g/mol. The number of carbonyl (C=O) groups excluding carboxylic acids is 3. The molecule has 0 amide bonds. The van der Waals surface area contributed by atoms with E-state index in [1.807, 2.05) is 30.4 Å². The molecule has 0 N–H and O–H groups in total. The van der Waals surface area contributed by atoms with Crippen LogP contribution < -0.4 is 5.11 Å². The van der Waals surface area contributed by atoms with Crippen molar-refractivity contribution in [1.29, 1.82) is 0 Å². The summed E-state index contributed by atoms with van der Waals surface area (Å²) in [7, 11) is 5.38. The fourth-order valence-electron chi connectivity index (χ4n) is 5.37. The third-order valence-electron chi connectivity index (χ3n) is 8.48. The number of esters is 2. The van der Waals surface area contributed by atoms with Crippen LogP contribution in [0.25, 0.3) is 0 Å². The van der Waals surface area contributed by atoms with Gasteiger partial charge >= 0.3 is 11.9 Å². The second kappa shape index (κ2) is 34.1. The maximum Gasteiger partial charge on any atom is 0.306 e. The van der Waals surface area contributed by atoms with Crippen molar-refractivity contribution < 1.29 is 38.2 Å². The van der Waals surface area contributed by atoms with Gasteiger partial charge < -0.3 is 28.6 Å². The molecule has 0 aliphatic heterocycles. The molecule has 0 saturated carbocycles. The summed E-state index contributed by atoms with van der Waals surface area (Å²) in [6.45, 7) is 4.44. The van der Waals surface area contributed by atoms with E-state index in [2.05, 4.69) is 44.2 Å². The summed E-state index contributed by atoms with van der Waals surface area (Å²) in [5.41, 5.74) is 0. The lowest BCUT2D eigenvalue weighted by atomic mass is 10.1. The molecule has 0 saturated heterocycles. The Labute approximate surface area is 311 Å². The molecule has 0 fully saturated rings. The summed E-state index contributed by atoms with van der Waals surface area (Å²) in [4.78, 5) is 36.7. The molecule has 8 heteroatoms. The van der Waals surface area contributed by atoms with Gasteiger partial charge in [0.2, 0.25) is 0 Å². The Morgan fingerprint density at radius 2 is 1.12 bits per heavy atom. The molecule has 0 aromatic heterocycles. The Morgan fingerprint density at radius 3 is 1.69 bits per heavy atom. The van der Waals surface area contributed by atoms with E-state index in [-0.39, 0.29) is 42.7 Å². The van der Waals surface area contributed by atoms with Crippen LogP contribution in [-0.4, -0.2) is 75.5 Å². The number of rotatable bonds is 34. The van der Waals surface area contributed by atoms with Gasteiger partial charge in [0, 0.05) is 19.3 Å². The number of hydrogen-bond donors (Lipinski definition) is 0. The molecular formula is C43H73NO7. The monoisotopic (exact) mass is 716 g/mol. The molecule has 0 bridgehead atoms. The standard InChI is InChI=1S/C43H73NO7/c1-6-8-10-12-14-16-18-20-21-22-24-26-28-30-32-34-42(46)51-39(37-49-36-35-40(43(47)48)44(3,4)5)38-50-41(45)33-31-29-27-25-23-19-17-15-13-11-9-7-2/h8,10,12,14-18,20-21,39-40H,6-7,9,11,13,19,22-38H2,1-5H3/b10-8+,14-12+,17-15+,18-16+,21-20+. The van der Waals surface area contributed by atoms with Crippen LogP contribution in [0.15, 0.2) is 60.8 Å². The van der Waals surface area contributed by atoms with Gasteiger partial charge in [0.05, 0.1) is 40.3 Å². The van der Waals surface area contributed by atoms with Crippen LogP contribution >= 0.6 is 0 Å². The summed E-state index contributed by atoms with van der Waals surface area (Å²) < 4.78 is 17.1. The van der Waals surface area contributed by atoms with Gasteiger partial charge in [0.25, 0.3) is 0 Å². The molecule has 0 spiro atoms. The Hall–Kier alpha value is -2.97. The molecule has 292 valence electrons. The van der Waals surface area contributed by atoms with Crippen molar-refractivity contribution in [1.82, 2.24) is 0 Å². The van der Waals surface area contributed by atoms with Crippen molar-refractivity contribution in [3.8, 4) is 0 Å². The first-order valence-electron chi connectivity index (χ1n) is 19.9. The maximum atomic E-state index is 12.7. The van der Waals surface area contributed by atoms with Gasteiger partial charge in [-0.3, -0.25) is 9.59 Å². The summed E-state index contributed by atoms with van der Waals surface area (Å²) in [6.07, 6.45) is 39.5. The molecule has 0 aliphatic carbocycles. The number of ether oxygens (including phenoxy) is 3. The van der Waals surface area contributed by atoms with E-state index in [9.17, 15) is 19.5 Å². The predicted molar refractivity (Wildman–Crippen MR) is 208 cm³/mol. The second-order valence-corrected chi connectivity index (χ2v) is 14.2. The topological polar surface area (TPSA) is 102 Å². The van der Waals surface area contributed by atoms with Crippen LogP contribution in [0.4, 0.5) is 0 Å². The van der Waals surface area contributed by atoms with Crippen molar-refractivity contribution in [2.45, 2.75) is 154 Å². The number of carbonyl (C=O) groups is 3. The minimum atomic E-state index is -1.13. The van der Waals surface area contributed by atoms with Gasteiger partial charge in [-0.15, -0.1) is 0 Å². The number of nitrogens with zero attached hydrogens (tertiary/aromatic N) is 1. The highest BCUT2D eigenvalue weighted by molar-refractivity contribution is 5.70. The smallest absolute Gasteiger partial charge is 0.306 e. The number of unbranched alkanes of at least 4 members (excludes halogenated alkanes) is 13. The number of carboxylic acids is 1. The van der Waals surface area contributed by atoms with Crippen LogP contribution in [0.1, 0.15) is 142 Å². The van der Waals surface area contributed by atoms with E-state index in [1.165, 1.54) is 32.1 Å². The Morgan fingerprint density at radius 1 is 0.608 bits per heavy atom. The van der Waals surface area contributed by atoms with Crippen LogP contribution in [0, 0.1) is 0 Å². The zero-order valence-corrected chi connectivity index (χ0v) is 33.0. The molecule has 0 aliphatic rings. The first-order valence-corrected chi connectivity index (χ1v) is 19.9. The van der Waals surface area contributed by atoms with Crippen LogP contribution in [-0.2, 0) is 28.6 Å². The minimum absolute atomic E-state index is 0.0257. The highest BCUT2D eigenvalue weighted by Gasteiger charge is 2.25. The van der Waals surface area contributed by atoms with Gasteiger partial charge in [0.15, 0.2) is 6.10 Å². The van der Waals surface area contributed by atoms with Crippen molar-refractivity contribution in [3.05, 3.63) is 60.8 Å². The van der Waals surface area contributed by atoms with Crippen molar-refractivity contribution in [2.24, 2.45) is 0 Å². The van der Waals surface area contributed by atoms with E-state index in [0.29, 0.717) is 12.8 Å². The lowest BCUT2D eigenvalue weighted by molar-refractivity contribution is -0.889. The van der Waals surface area contributed by atoms with E-state index < -0.39 is 18.1 Å². The third-order valence-corrected chi connectivity index (χ3v) is 8.48. The lowest BCUT2D eigenvalue weighted by Crippen LogP contribution is -2.55. The fraction of sp³-hybridized carbons (Fsp3) is 0.698. The zero-order chi connectivity index (χ0) is 37.8. The van der Waals surface area contributed by atoms with Gasteiger partial charge in [-0.1, -0.05) is 126 Å². The number of quaternary nitrogens is 1. The van der Waals surface area contributed by atoms with Crippen LogP contribution in [0.2, 0.25) is 0 Å². The number of aliphatic carboxylic acids is 1. The highest BCUT2D eigenvalue weighted by Crippen LogP contribution is 2.12. The molecule has 0 aromatic carbocycles. The Balaban J connectivity index is 4.48. The average Bonchev–Trinajstić information content (AvgIpc) is 3.08. The average molecular weight is 716 g/mol. The van der Waals surface area contributed by atoms with Crippen molar-refractivity contribution >= 4 is 17.9 Å². The van der Waals surface area contributed by atoms with E-state index in [4.69, 9.17) is 14.2 Å². The summed E-state index contributed by atoms with van der Waals surface area (Å²) in [5, 5.41) is 11.6. The fourth-order valence-corrected chi connectivity index (χ4v) is 5.37. The first kappa shape index (κ1) is 48.0. The maximum absolute atomic E-state index is 12.7. The van der Waals surface area contributed by atoms with Gasteiger partial charge in [-0.25, -0.2) is 0 Å². The molecule has 2 atom stereocenters. The predicted octanol–water partition coefficient (Wildman–Crippen LogP) is 8.91. The third kappa shape index (κ3) is 32.7. The van der Waals surface area contributed by atoms with Crippen molar-refractivity contribution in [2.75, 3.05) is 41.0 Å². The number of hydrogen-bond acceptors (Lipinski definition) is 7. The highest BCUT2D eigenvalue weighted by atomic mass is 16.6. The van der Waals surface area contributed by atoms with E-state index in [0.717, 1.165) is 77.0 Å². The molecule has 8 nitrogen and oxygen atoms in total. The van der Waals surface area contributed by atoms with Crippen molar-refractivity contribution in [3.63, 3.8) is 0 Å². The summed E-state index contributed by atoms with van der Waals surface area (Å²) in [5.74, 6) is -1.79. The number of carboxylic acid groups (broad SMARTS) is 1. The molecule has 0 rings (SSSR count). The van der Waals surface area contributed by atoms with Gasteiger partial charge in [-0.05, 0) is 57.8 Å². The van der Waals surface area contributed by atoms with E-state index in [1.54, 1.807) is 21.1 Å². The normalized spacial score (nSPS) is 13.7. The van der Waals surface area contributed by atoms with Crippen LogP contribution in [0.5, 0.6) is 0 Å².